The molecular weight excluding hydrogens is 427 g/mol. The summed E-state index contributed by atoms with van der Waals surface area (Å²) in [5.41, 5.74) is 3.12. The van der Waals surface area contributed by atoms with Crippen LogP contribution in [0.2, 0.25) is 0 Å². The minimum Gasteiger partial charge on any atom is -0.455 e. The van der Waals surface area contributed by atoms with E-state index in [4.69, 9.17) is 9.47 Å². The number of carbonyl (C=O) groups excluding carboxylic acids is 1. The third-order valence-corrected chi connectivity index (χ3v) is 5.41. The highest BCUT2D eigenvalue weighted by molar-refractivity contribution is 14.1. The Morgan fingerprint density at radius 1 is 1.00 bits per heavy atom. The molecule has 2 aliphatic rings. The average molecular weight is 444 g/mol. The molecule has 1 heterocycles. The zero-order valence-electron chi connectivity index (χ0n) is 13.6. The number of halogens is 1. The van der Waals surface area contributed by atoms with Crippen LogP contribution in [0.4, 0.5) is 0 Å². The molecule has 126 valence electrons. The number of allylic oxidation sites excluding steroid dienone is 2. The monoisotopic (exact) mass is 444 g/mol. The molecule has 0 saturated carbocycles. The molecule has 1 aliphatic carbocycles. The Labute approximate surface area is 160 Å². The molecule has 4 heteroatoms. The van der Waals surface area contributed by atoms with Crippen LogP contribution < -0.4 is 0 Å². The SMILES string of the molecule is O=C1C=C(OC2OC(c3ccccc3)=C(I)c3ccccc32)CCC1. The van der Waals surface area contributed by atoms with Crippen LogP contribution in [-0.4, -0.2) is 5.78 Å². The summed E-state index contributed by atoms with van der Waals surface area (Å²) < 4.78 is 13.4. The molecule has 1 aliphatic heterocycles. The number of rotatable bonds is 3. The van der Waals surface area contributed by atoms with Gasteiger partial charge in [-0.25, -0.2) is 0 Å². The topological polar surface area (TPSA) is 35.5 Å². The number of ether oxygens (including phenoxy) is 2. The van der Waals surface area contributed by atoms with Crippen LogP contribution in [0.5, 0.6) is 0 Å². The van der Waals surface area contributed by atoms with Gasteiger partial charge >= 0.3 is 0 Å². The summed E-state index contributed by atoms with van der Waals surface area (Å²) in [4.78, 5) is 11.7. The second-order valence-electron chi connectivity index (χ2n) is 6.09. The Morgan fingerprint density at radius 3 is 2.56 bits per heavy atom. The lowest BCUT2D eigenvalue weighted by atomic mass is 10.0. The van der Waals surface area contributed by atoms with E-state index in [9.17, 15) is 4.79 Å². The molecule has 0 fully saturated rings. The van der Waals surface area contributed by atoms with Gasteiger partial charge in [-0.05, 0) is 29.0 Å². The van der Waals surface area contributed by atoms with Crippen LogP contribution in [0.25, 0.3) is 9.34 Å². The highest BCUT2D eigenvalue weighted by Gasteiger charge is 2.30. The maximum atomic E-state index is 11.7. The molecule has 1 atom stereocenters. The number of hydrogen-bond donors (Lipinski definition) is 0. The van der Waals surface area contributed by atoms with Crippen molar-refractivity contribution in [3.05, 3.63) is 83.1 Å². The van der Waals surface area contributed by atoms with Gasteiger partial charge in [-0.15, -0.1) is 0 Å². The summed E-state index contributed by atoms with van der Waals surface area (Å²) in [5.74, 6) is 1.65. The molecule has 0 amide bonds. The highest BCUT2D eigenvalue weighted by Crippen LogP contribution is 2.45. The van der Waals surface area contributed by atoms with Crippen molar-refractivity contribution < 1.29 is 14.3 Å². The quantitative estimate of drug-likeness (QED) is 0.576. The van der Waals surface area contributed by atoms with Crippen molar-refractivity contribution in [2.75, 3.05) is 0 Å². The van der Waals surface area contributed by atoms with E-state index in [-0.39, 0.29) is 5.78 Å². The summed E-state index contributed by atoms with van der Waals surface area (Å²) in [6, 6.07) is 18.1. The van der Waals surface area contributed by atoms with Gasteiger partial charge in [-0.3, -0.25) is 4.79 Å². The maximum absolute atomic E-state index is 11.7. The first-order valence-corrected chi connectivity index (χ1v) is 9.41. The van der Waals surface area contributed by atoms with E-state index in [1.165, 1.54) is 0 Å². The van der Waals surface area contributed by atoms with Gasteiger partial charge in [0.05, 0.1) is 3.58 Å². The zero-order valence-corrected chi connectivity index (χ0v) is 15.7. The molecule has 4 rings (SSSR count). The van der Waals surface area contributed by atoms with Crippen molar-refractivity contribution in [3.8, 4) is 0 Å². The molecule has 3 nitrogen and oxygen atoms in total. The summed E-state index contributed by atoms with van der Waals surface area (Å²) in [6.07, 6.45) is 3.28. The molecule has 0 N–H and O–H groups in total. The van der Waals surface area contributed by atoms with Crippen molar-refractivity contribution in [3.63, 3.8) is 0 Å². The average Bonchev–Trinajstić information content (AvgIpc) is 2.65. The van der Waals surface area contributed by atoms with E-state index in [1.54, 1.807) is 6.08 Å². The lowest BCUT2D eigenvalue weighted by Crippen LogP contribution is -2.16. The Bertz CT molecular complexity index is 868. The molecule has 2 aromatic rings. The van der Waals surface area contributed by atoms with Crippen LogP contribution in [0.15, 0.2) is 66.4 Å². The van der Waals surface area contributed by atoms with Crippen molar-refractivity contribution in [1.82, 2.24) is 0 Å². The number of ketones is 1. The predicted molar refractivity (Wildman–Crippen MR) is 106 cm³/mol. The van der Waals surface area contributed by atoms with Gasteiger partial charge in [0.2, 0.25) is 0 Å². The highest BCUT2D eigenvalue weighted by atomic mass is 127. The van der Waals surface area contributed by atoms with Crippen molar-refractivity contribution in [2.45, 2.75) is 25.6 Å². The first kappa shape index (κ1) is 16.4. The molecule has 25 heavy (non-hydrogen) atoms. The predicted octanol–water partition coefficient (Wildman–Crippen LogP) is 5.63. The fraction of sp³-hybridized carbons (Fsp3) is 0.190. The van der Waals surface area contributed by atoms with E-state index in [0.717, 1.165) is 38.9 Å². The lowest BCUT2D eigenvalue weighted by molar-refractivity contribution is -0.116. The largest absolute Gasteiger partial charge is 0.455 e. The van der Waals surface area contributed by atoms with E-state index < -0.39 is 6.29 Å². The lowest BCUT2D eigenvalue weighted by Gasteiger charge is -2.30. The van der Waals surface area contributed by atoms with Crippen molar-refractivity contribution in [1.29, 1.82) is 0 Å². The van der Waals surface area contributed by atoms with E-state index in [0.29, 0.717) is 12.2 Å². The summed E-state index contributed by atoms with van der Waals surface area (Å²) in [6.45, 7) is 0. The molecule has 0 radical (unpaired) electrons. The molecule has 0 saturated heterocycles. The van der Waals surface area contributed by atoms with Gasteiger partial charge in [0, 0.05) is 35.6 Å². The Balaban J connectivity index is 1.73. The number of carbonyl (C=O) groups is 1. The van der Waals surface area contributed by atoms with Gasteiger partial charge in [0.15, 0.2) is 5.78 Å². The normalized spacial score (nSPS) is 19.8. The number of benzene rings is 2. The Kier molecular flexibility index (Phi) is 4.61. The molecule has 0 aromatic heterocycles. The van der Waals surface area contributed by atoms with Gasteiger partial charge < -0.3 is 9.47 Å². The summed E-state index contributed by atoms with van der Waals surface area (Å²) in [7, 11) is 0. The van der Waals surface area contributed by atoms with Gasteiger partial charge in [0.25, 0.3) is 6.29 Å². The van der Waals surface area contributed by atoms with Gasteiger partial charge in [-0.2, -0.15) is 0 Å². The van der Waals surface area contributed by atoms with E-state index >= 15 is 0 Å². The fourth-order valence-electron chi connectivity index (χ4n) is 3.11. The second kappa shape index (κ2) is 7.04. The number of fused-ring (bicyclic) bond motifs is 1. The van der Waals surface area contributed by atoms with Crippen LogP contribution >= 0.6 is 22.6 Å². The van der Waals surface area contributed by atoms with Crippen LogP contribution in [-0.2, 0) is 14.3 Å². The summed E-state index contributed by atoms with van der Waals surface area (Å²) in [5, 5.41) is 0. The Morgan fingerprint density at radius 2 is 1.76 bits per heavy atom. The minimum absolute atomic E-state index is 0.124. The maximum Gasteiger partial charge on any atom is 0.267 e. The van der Waals surface area contributed by atoms with E-state index in [2.05, 4.69) is 28.7 Å². The molecular formula is C21H17IO3. The minimum atomic E-state index is -0.540. The molecule has 0 spiro atoms. The van der Waals surface area contributed by atoms with E-state index in [1.807, 2.05) is 48.5 Å². The summed E-state index contributed by atoms with van der Waals surface area (Å²) >= 11 is 2.33. The van der Waals surface area contributed by atoms with Crippen molar-refractivity contribution >= 4 is 37.7 Å². The van der Waals surface area contributed by atoms with Gasteiger partial charge in [-0.1, -0.05) is 54.6 Å². The van der Waals surface area contributed by atoms with Crippen molar-refractivity contribution in [2.24, 2.45) is 0 Å². The second-order valence-corrected chi connectivity index (χ2v) is 7.17. The van der Waals surface area contributed by atoms with Gasteiger partial charge in [0.1, 0.15) is 11.5 Å². The fourth-order valence-corrected chi connectivity index (χ4v) is 4.04. The first-order chi connectivity index (χ1) is 12.2. The third kappa shape index (κ3) is 3.35. The molecule has 0 bridgehead atoms. The standard InChI is InChI=1S/C21H17IO3/c22-19-17-11-4-5-12-18(17)21(24-16-10-6-9-15(23)13-16)25-20(19)14-7-2-1-3-8-14/h1-5,7-8,11-13,21H,6,9-10H2. The Hall–Kier alpha value is -2.08. The smallest absolute Gasteiger partial charge is 0.267 e. The van der Waals surface area contributed by atoms with Crippen LogP contribution in [0.1, 0.15) is 42.2 Å². The van der Waals surface area contributed by atoms with Crippen LogP contribution in [0, 0.1) is 0 Å². The molecule has 1 unspecified atom stereocenters. The molecule has 2 aromatic carbocycles. The number of hydrogen-bond acceptors (Lipinski definition) is 3. The zero-order chi connectivity index (χ0) is 17.2. The van der Waals surface area contributed by atoms with Crippen LogP contribution in [0.3, 0.4) is 0 Å². The third-order valence-electron chi connectivity index (χ3n) is 4.34. The first-order valence-electron chi connectivity index (χ1n) is 8.33.